The maximum atomic E-state index is 12.9. The SMILES string of the molecule is Cc1ccc(S(=O)(=O)c2ocnc2-c2ccc(Oc3cc(Cl)cc(Cl)c3)o2)cc1. The lowest BCUT2D eigenvalue weighted by Gasteiger charge is -2.04. The number of aryl methyl sites for hydroxylation is 1. The number of halogens is 2. The predicted octanol–water partition coefficient (Wildman–Crippen LogP) is 6.17. The standard InChI is InChI=1S/C20H13Cl2NO5S/c1-12-2-4-16(5-3-12)29(24,25)20-19(23-11-26-20)17-6-7-18(28-17)27-15-9-13(21)8-14(22)10-15/h2-11H,1H3. The highest BCUT2D eigenvalue weighted by Crippen LogP contribution is 2.35. The number of nitrogens with zero attached hydrogens (tertiary/aromatic N) is 1. The molecule has 148 valence electrons. The molecule has 0 saturated carbocycles. The smallest absolute Gasteiger partial charge is 0.290 e. The maximum Gasteiger partial charge on any atom is 0.290 e. The Morgan fingerprint density at radius 1 is 0.966 bits per heavy atom. The zero-order chi connectivity index (χ0) is 20.6. The van der Waals surface area contributed by atoms with Gasteiger partial charge in [0, 0.05) is 16.1 Å². The summed E-state index contributed by atoms with van der Waals surface area (Å²) in [6, 6.07) is 14.2. The zero-order valence-corrected chi connectivity index (χ0v) is 17.3. The van der Waals surface area contributed by atoms with E-state index in [2.05, 4.69) is 4.98 Å². The summed E-state index contributed by atoms with van der Waals surface area (Å²) < 4.78 is 42.3. The van der Waals surface area contributed by atoms with Gasteiger partial charge in [-0.2, -0.15) is 0 Å². The summed E-state index contributed by atoms with van der Waals surface area (Å²) >= 11 is 11.9. The van der Waals surface area contributed by atoms with E-state index >= 15 is 0 Å². The van der Waals surface area contributed by atoms with Crippen LogP contribution in [0.3, 0.4) is 0 Å². The van der Waals surface area contributed by atoms with Gasteiger partial charge in [-0.1, -0.05) is 40.9 Å². The third-order valence-electron chi connectivity index (χ3n) is 3.98. The van der Waals surface area contributed by atoms with Crippen molar-refractivity contribution in [1.29, 1.82) is 0 Å². The first-order valence-corrected chi connectivity index (χ1v) is 10.6. The fourth-order valence-corrected chi connectivity index (χ4v) is 4.41. The Labute approximate surface area is 176 Å². The quantitative estimate of drug-likeness (QED) is 0.361. The molecule has 0 spiro atoms. The summed E-state index contributed by atoms with van der Waals surface area (Å²) in [7, 11) is -3.92. The Kier molecular flexibility index (Phi) is 5.12. The number of hydrogen-bond donors (Lipinski definition) is 0. The van der Waals surface area contributed by atoms with Crippen LogP contribution in [0.2, 0.25) is 10.0 Å². The number of hydrogen-bond acceptors (Lipinski definition) is 6. The van der Waals surface area contributed by atoms with Gasteiger partial charge in [0.05, 0.1) is 4.90 Å². The van der Waals surface area contributed by atoms with Crippen molar-refractivity contribution in [1.82, 2.24) is 4.98 Å². The summed E-state index contributed by atoms with van der Waals surface area (Å²) in [5.41, 5.74) is 0.986. The first kappa shape index (κ1) is 19.6. The van der Waals surface area contributed by atoms with Gasteiger partial charge in [0.2, 0.25) is 9.84 Å². The number of furan rings is 1. The molecule has 0 atom stereocenters. The fraction of sp³-hybridized carbons (Fsp3) is 0.0500. The maximum absolute atomic E-state index is 12.9. The van der Waals surface area contributed by atoms with Crippen LogP contribution in [0.25, 0.3) is 11.5 Å². The molecule has 6 nitrogen and oxygen atoms in total. The van der Waals surface area contributed by atoms with E-state index in [-0.39, 0.29) is 27.4 Å². The van der Waals surface area contributed by atoms with Crippen molar-refractivity contribution in [3.8, 4) is 23.1 Å². The van der Waals surface area contributed by atoms with Crippen molar-refractivity contribution in [2.24, 2.45) is 0 Å². The van der Waals surface area contributed by atoms with Crippen LogP contribution >= 0.6 is 23.2 Å². The van der Waals surface area contributed by atoms with Crippen molar-refractivity contribution in [2.45, 2.75) is 16.9 Å². The number of sulfone groups is 1. The van der Waals surface area contributed by atoms with E-state index in [4.69, 9.17) is 36.8 Å². The highest BCUT2D eigenvalue weighted by molar-refractivity contribution is 7.91. The van der Waals surface area contributed by atoms with E-state index in [0.717, 1.165) is 12.0 Å². The van der Waals surface area contributed by atoms with Gasteiger partial charge < -0.3 is 13.6 Å². The van der Waals surface area contributed by atoms with Gasteiger partial charge in [0.1, 0.15) is 5.75 Å². The van der Waals surface area contributed by atoms with Crippen LogP contribution < -0.4 is 4.74 Å². The molecule has 0 radical (unpaired) electrons. The Balaban J connectivity index is 1.66. The van der Waals surface area contributed by atoms with Crippen LogP contribution in [0.5, 0.6) is 11.7 Å². The first-order chi connectivity index (χ1) is 13.8. The average molecular weight is 450 g/mol. The van der Waals surface area contributed by atoms with E-state index in [1.54, 1.807) is 30.3 Å². The lowest BCUT2D eigenvalue weighted by Crippen LogP contribution is -2.02. The molecule has 0 N–H and O–H groups in total. The van der Waals surface area contributed by atoms with Gasteiger partial charge in [-0.25, -0.2) is 13.4 Å². The number of aromatic nitrogens is 1. The van der Waals surface area contributed by atoms with E-state index in [1.807, 2.05) is 6.92 Å². The van der Waals surface area contributed by atoms with Gasteiger partial charge in [0.15, 0.2) is 17.8 Å². The third kappa shape index (κ3) is 4.03. The molecule has 0 fully saturated rings. The minimum atomic E-state index is -3.92. The van der Waals surface area contributed by atoms with Gasteiger partial charge >= 0.3 is 0 Å². The minimum absolute atomic E-state index is 0.0459. The summed E-state index contributed by atoms with van der Waals surface area (Å²) in [5, 5.41) is 0.498. The molecule has 0 aliphatic rings. The highest BCUT2D eigenvalue weighted by Gasteiger charge is 2.28. The monoisotopic (exact) mass is 449 g/mol. The second-order valence-electron chi connectivity index (χ2n) is 6.13. The van der Waals surface area contributed by atoms with Crippen molar-refractivity contribution >= 4 is 33.0 Å². The second-order valence-corrected chi connectivity index (χ2v) is 8.85. The third-order valence-corrected chi connectivity index (χ3v) is 6.09. The molecule has 29 heavy (non-hydrogen) atoms. The number of benzene rings is 2. The van der Waals surface area contributed by atoms with E-state index in [0.29, 0.717) is 15.8 Å². The van der Waals surface area contributed by atoms with Crippen molar-refractivity contribution in [2.75, 3.05) is 0 Å². The first-order valence-electron chi connectivity index (χ1n) is 8.32. The molecule has 2 heterocycles. The Morgan fingerprint density at radius 2 is 1.66 bits per heavy atom. The molecule has 0 saturated heterocycles. The fourth-order valence-electron chi connectivity index (χ4n) is 2.62. The summed E-state index contributed by atoms with van der Waals surface area (Å²) in [4.78, 5) is 4.10. The van der Waals surface area contributed by atoms with E-state index in [9.17, 15) is 8.42 Å². The largest absolute Gasteiger partial charge is 0.431 e. The summed E-state index contributed by atoms with van der Waals surface area (Å²) in [6.07, 6.45) is 1.05. The van der Waals surface area contributed by atoms with Crippen molar-refractivity contribution in [3.63, 3.8) is 0 Å². The molecule has 0 aliphatic heterocycles. The van der Waals surface area contributed by atoms with Crippen LogP contribution in [0.4, 0.5) is 0 Å². The Bertz CT molecular complexity index is 1260. The number of rotatable bonds is 5. The molecule has 9 heteroatoms. The van der Waals surface area contributed by atoms with E-state index in [1.165, 1.54) is 24.3 Å². The van der Waals surface area contributed by atoms with Gasteiger partial charge in [0.25, 0.3) is 11.0 Å². The average Bonchev–Trinajstić information content (AvgIpc) is 3.30. The van der Waals surface area contributed by atoms with Crippen molar-refractivity contribution in [3.05, 3.63) is 76.6 Å². The zero-order valence-electron chi connectivity index (χ0n) is 14.9. The van der Waals surface area contributed by atoms with Crippen molar-refractivity contribution < 1.29 is 22.0 Å². The van der Waals surface area contributed by atoms with Gasteiger partial charge in [-0.3, -0.25) is 0 Å². The van der Waals surface area contributed by atoms with E-state index < -0.39 is 9.84 Å². The van der Waals surface area contributed by atoms with Gasteiger partial charge in [-0.15, -0.1) is 0 Å². The molecule has 0 amide bonds. The summed E-state index contributed by atoms with van der Waals surface area (Å²) in [5.74, 6) is 0.656. The van der Waals surface area contributed by atoms with Crippen LogP contribution in [0.15, 0.2) is 79.8 Å². The minimum Gasteiger partial charge on any atom is -0.431 e. The lowest BCUT2D eigenvalue weighted by molar-refractivity contribution is 0.350. The molecular weight excluding hydrogens is 437 g/mol. The predicted molar refractivity (Wildman–Crippen MR) is 107 cm³/mol. The highest BCUT2D eigenvalue weighted by atomic mass is 35.5. The number of oxazole rings is 1. The Hall–Kier alpha value is -2.74. The molecule has 2 aromatic carbocycles. The molecule has 0 unspecified atom stereocenters. The number of ether oxygens (including phenoxy) is 1. The Morgan fingerprint density at radius 3 is 2.34 bits per heavy atom. The molecule has 4 aromatic rings. The lowest BCUT2D eigenvalue weighted by atomic mass is 10.2. The molecule has 4 rings (SSSR count). The van der Waals surface area contributed by atoms with Crippen LogP contribution in [-0.2, 0) is 9.84 Å². The second kappa shape index (κ2) is 7.59. The van der Waals surface area contributed by atoms with Crippen LogP contribution in [0, 0.1) is 6.92 Å². The normalized spacial score (nSPS) is 11.6. The molecule has 0 bridgehead atoms. The molecule has 2 aromatic heterocycles. The van der Waals surface area contributed by atoms with Crippen LogP contribution in [-0.4, -0.2) is 13.4 Å². The topological polar surface area (TPSA) is 82.5 Å². The van der Waals surface area contributed by atoms with Crippen LogP contribution in [0.1, 0.15) is 5.56 Å². The summed E-state index contributed by atoms with van der Waals surface area (Å²) in [6.45, 7) is 1.87. The molecule has 0 aliphatic carbocycles. The molecular formula is C20H13Cl2NO5S. The van der Waals surface area contributed by atoms with Gasteiger partial charge in [-0.05, 0) is 43.3 Å².